The first-order valence-electron chi connectivity index (χ1n) is 6.48. The number of nitrogens with two attached hydrogens (primary N) is 1. The number of carboxylic acids is 1. The number of hydrogen-bond acceptors (Lipinski definition) is 5. The summed E-state index contributed by atoms with van der Waals surface area (Å²) in [7, 11) is 0. The summed E-state index contributed by atoms with van der Waals surface area (Å²) in [6.45, 7) is 0. The first kappa shape index (κ1) is 13.7. The topological polar surface area (TPSA) is 106 Å². The Balaban J connectivity index is 2.07. The molecule has 0 saturated carbocycles. The molecule has 0 aliphatic carbocycles. The van der Waals surface area contributed by atoms with Crippen LogP contribution < -0.4 is 16.7 Å². The van der Waals surface area contributed by atoms with Gasteiger partial charge >= 0.3 is 11.6 Å². The molecule has 0 unspecified atom stereocenters. The lowest BCUT2D eigenvalue weighted by molar-refractivity contribution is 0.0697. The molecule has 3 aromatic rings. The van der Waals surface area contributed by atoms with Crippen LogP contribution in [-0.4, -0.2) is 11.1 Å². The fourth-order valence-electron chi connectivity index (χ4n) is 2.19. The molecule has 0 aliphatic heterocycles. The second-order valence-corrected chi connectivity index (χ2v) is 4.68. The summed E-state index contributed by atoms with van der Waals surface area (Å²) < 4.78 is 5.02. The van der Waals surface area contributed by atoms with Gasteiger partial charge in [0.2, 0.25) is 5.88 Å². The highest BCUT2D eigenvalue weighted by molar-refractivity contribution is 5.98. The molecule has 0 saturated heterocycles. The summed E-state index contributed by atoms with van der Waals surface area (Å²) in [6, 6.07) is 13.1. The van der Waals surface area contributed by atoms with Crippen molar-refractivity contribution in [2.45, 2.75) is 0 Å². The minimum Gasteiger partial charge on any atom is -0.478 e. The van der Waals surface area contributed by atoms with E-state index >= 15 is 0 Å². The van der Waals surface area contributed by atoms with Crippen LogP contribution in [0, 0.1) is 0 Å². The average molecular weight is 296 g/mol. The molecular weight excluding hydrogens is 284 g/mol. The van der Waals surface area contributed by atoms with Crippen LogP contribution in [-0.2, 0) is 0 Å². The van der Waals surface area contributed by atoms with Gasteiger partial charge in [-0.1, -0.05) is 18.2 Å². The summed E-state index contributed by atoms with van der Waals surface area (Å²) in [6.07, 6.45) is 0. The number of rotatable bonds is 3. The predicted octanol–water partition coefficient (Wildman–Crippen LogP) is 2.82. The SMILES string of the molecule is Nc1oc(=O)c2ccccc2c1Nc1ccc(C(=O)O)cc1. The van der Waals surface area contributed by atoms with Crippen LogP contribution in [0.25, 0.3) is 10.8 Å². The van der Waals surface area contributed by atoms with E-state index in [9.17, 15) is 9.59 Å². The first-order chi connectivity index (χ1) is 10.6. The molecular formula is C16H12N2O4. The van der Waals surface area contributed by atoms with Crippen molar-refractivity contribution in [2.24, 2.45) is 0 Å². The number of nitrogens with one attached hydrogen (secondary N) is 1. The Morgan fingerprint density at radius 3 is 2.32 bits per heavy atom. The van der Waals surface area contributed by atoms with E-state index in [1.54, 1.807) is 36.4 Å². The maximum Gasteiger partial charge on any atom is 0.345 e. The second kappa shape index (κ2) is 5.25. The molecule has 0 fully saturated rings. The van der Waals surface area contributed by atoms with Crippen molar-refractivity contribution in [2.75, 3.05) is 11.1 Å². The Hall–Kier alpha value is -3.28. The van der Waals surface area contributed by atoms with Crippen LogP contribution in [0.3, 0.4) is 0 Å². The first-order valence-corrected chi connectivity index (χ1v) is 6.48. The van der Waals surface area contributed by atoms with Crippen molar-refractivity contribution in [1.29, 1.82) is 0 Å². The molecule has 1 heterocycles. The molecule has 2 aromatic carbocycles. The van der Waals surface area contributed by atoms with E-state index in [1.165, 1.54) is 12.1 Å². The average Bonchev–Trinajstić information content (AvgIpc) is 2.52. The number of nitrogen functional groups attached to an aromatic ring is 1. The molecule has 0 aliphatic rings. The predicted molar refractivity (Wildman–Crippen MR) is 83.6 cm³/mol. The number of aromatic carboxylic acids is 1. The maximum atomic E-state index is 11.8. The van der Waals surface area contributed by atoms with Crippen molar-refractivity contribution in [3.63, 3.8) is 0 Å². The lowest BCUT2D eigenvalue weighted by atomic mass is 10.1. The summed E-state index contributed by atoms with van der Waals surface area (Å²) in [4.78, 5) is 22.6. The normalized spacial score (nSPS) is 10.5. The van der Waals surface area contributed by atoms with Crippen LogP contribution in [0.5, 0.6) is 0 Å². The van der Waals surface area contributed by atoms with Crippen molar-refractivity contribution in [1.82, 2.24) is 0 Å². The van der Waals surface area contributed by atoms with E-state index in [2.05, 4.69) is 5.32 Å². The zero-order valence-corrected chi connectivity index (χ0v) is 11.4. The fraction of sp³-hybridized carbons (Fsp3) is 0. The van der Waals surface area contributed by atoms with E-state index in [1.807, 2.05) is 0 Å². The number of benzene rings is 2. The Kier molecular flexibility index (Phi) is 3.27. The minimum atomic E-state index is -0.998. The van der Waals surface area contributed by atoms with Gasteiger partial charge in [0.25, 0.3) is 0 Å². The molecule has 0 atom stereocenters. The lowest BCUT2D eigenvalue weighted by Gasteiger charge is -2.11. The van der Waals surface area contributed by atoms with Crippen LogP contribution in [0.2, 0.25) is 0 Å². The molecule has 0 spiro atoms. The quantitative estimate of drug-likeness (QED) is 0.686. The van der Waals surface area contributed by atoms with Gasteiger partial charge in [0.05, 0.1) is 10.9 Å². The van der Waals surface area contributed by atoms with Gasteiger partial charge in [0.15, 0.2) is 0 Å². The molecule has 1 aromatic heterocycles. The van der Waals surface area contributed by atoms with Crippen LogP contribution in [0.1, 0.15) is 10.4 Å². The van der Waals surface area contributed by atoms with Crippen molar-refractivity contribution >= 4 is 34.0 Å². The summed E-state index contributed by atoms with van der Waals surface area (Å²) >= 11 is 0. The smallest absolute Gasteiger partial charge is 0.345 e. The molecule has 4 N–H and O–H groups in total. The molecule has 110 valence electrons. The van der Waals surface area contributed by atoms with Crippen molar-refractivity contribution in [3.8, 4) is 0 Å². The van der Waals surface area contributed by atoms with Gasteiger partial charge in [-0.15, -0.1) is 0 Å². The van der Waals surface area contributed by atoms with Crippen molar-refractivity contribution < 1.29 is 14.3 Å². The monoisotopic (exact) mass is 296 g/mol. The minimum absolute atomic E-state index is 0.0222. The van der Waals surface area contributed by atoms with Gasteiger partial charge in [-0.3, -0.25) is 0 Å². The highest BCUT2D eigenvalue weighted by Gasteiger charge is 2.11. The highest BCUT2D eigenvalue weighted by atomic mass is 16.4. The highest BCUT2D eigenvalue weighted by Crippen LogP contribution is 2.30. The van der Waals surface area contributed by atoms with Crippen LogP contribution >= 0.6 is 0 Å². The Labute approximate surface area is 124 Å². The third kappa shape index (κ3) is 2.37. The van der Waals surface area contributed by atoms with Gasteiger partial charge in [0.1, 0.15) is 5.69 Å². The third-order valence-electron chi connectivity index (χ3n) is 3.27. The van der Waals surface area contributed by atoms with Crippen molar-refractivity contribution in [3.05, 3.63) is 64.5 Å². The van der Waals surface area contributed by atoms with E-state index in [-0.39, 0.29) is 11.4 Å². The molecule has 6 nitrogen and oxygen atoms in total. The number of carbonyl (C=O) groups is 1. The fourth-order valence-corrected chi connectivity index (χ4v) is 2.19. The maximum absolute atomic E-state index is 11.8. The Morgan fingerprint density at radius 1 is 1.05 bits per heavy atom. The van der Waals surface area contributed by atoms with Crippen LogP contribution in [0.15, 0.2) is 57.7 Å². The second-order valence-electron chi connectivity index (χ2n) is 4.68. The molecule has 22 heavy (non-hydrogen) atoms. The Bertz CT molecular complexity index is 914. The van der Waals surface area contributed by atoms with Gasteiger partial charge in [-0.05, 0) is 30.3 Å². The standard InChI is InChI=1S/C16H12N2O4/c17-14-13(11-3-1-2-4-12(11)16(21)22-14)18-10-7-5-9(6-8-10)15(19)20/h1-8,18H,17H2,(H,19,20). The summed E-state index contributed by atoms with van der Waals surface area (Å²) in [5.74, 6) is -1.02. The van der Waals surface area contributed by atoms with E-state index in [0.29, 0.717) is 22.1 Å². The zero-order chi connectivity index (χ0) is 15.7. The van der Waals surface area contributed by atoms with E-state index in [0.717, 1.165) is 0 Å². The number of fused-ring (bicyclic) bond motifs is 1. The number of anilines is 3. The Morgan fingerprint density at radius 2 is 1.68 bits per heavy atom. The molecule has 0 radical (unpaired) electrons. The van der Waals surface area contributed by atoms with Crippen LogP contribution in [0.4, 0.5) is 17.3 Å². The largest absolute Gasteiger partial charge is 0.478 e. The van der Waals surface area contributed by atoms with E-state index < -0.39 is 11.6 Å². The summed E-state index contributed by atoms with van der Waals surface area (Å²) in [5.41, 5.74) is 6.58. The van der Waals surface area contributed by atoms with Gasteiger partial charge in [-0.2, -0.15) is 0 Å². The zero-order valence-electron chi connectivity index (χ0n) is 11.4. The van der Waals surface area contributed by atoms with Gasteiger partial charge in [-0.25, -0.2) is 9.59 Å². The van der Waals surface area contributed by atoms with Gasteiger partial charge < -0.3 is 20.6 Å². The number of carboxylic acid groups (broad SMARTS) is 1. The third-order valence-corrected chi connectivity index (χ3v) is 3.27. The number of hydrogen-bond donors (Lipinski definition) is 3. The lowest BCUT2D eigenvalue weighted by Crippen LogP contribution is -2.06. The van der Waals surface area contributed by atoms with Gasteiger partial charge in [0, 0.05) is 11.1 Å². The molecule has 3 rings (SSSR count). The van der Waals surface area contributed by atoms with E-state index in [4.69, 9.17) is 15.3 Å². The summed E-state index contributed by atoms with van der Waals surface area (Å²) in [5, 5.41) is 13.0. The molecule has 6 heteroatoms. The molecule has 0 bridgehead atoms. The molecule has 0 amide bonds.